The van der Waals surface area contributed by atoms with Crippen LogP contribution in [0.4, 0.5) is 24.0 Å². The molecule has 248 valence electrons. The summed E-state index contributed by atoms with van der Waals surface area (Å²) in [5.41, 5.74) is 6.14. The Labute approximate surface area is 321 Å². The van der Waals surface area contributed by atoms with Gasteiger partial charge in [-0.15, -0.1) is 17.7 Å². The van der Waals surface area contributed by atoms with E-state index in [4.69, 9.17) is 20.2 Å². The third-order valence-corrected chi connectivity index (χ3v) is 11.9. The number of nitrogen functional groups attached to an aromatic ring is 1. The van der Waals surface area contributed by atoms with Gasteiger partial charge in [-0.25, -0.2) is 13.2 Å². The minimum absolute atomic E-state index is 0. The zero-order valence-electron chi connectivity index (χ0n) is 25.6. The number of aliphatic hydroxyl groups excluding tert-OH is 1. The molecule has 0 radical (unpaired) electrons. The van der Waals surface area contributed by atoms with Crippen LogP contribution in [0.1, 0.15) is 26.2 Å². The molecule has 0 aliphatic carbocycles. The largest absolute Gasteiger partial charge is 0.489 e. The van der Waals surface area contributed by atoms with Crippen molar-refractivity contribution in [3.8, 4) is 22.9 Å². The van der Waals surface area contributed by atoms with Crippen molar-refractivity contribution in [2.24, 2.45) is 5.92 Å². The Morgan fingerprint density at radius 3 is 2.87 bits per heavy atom. The summed E-state index contributed by atoms with van der Waals surface area (Å²) < 4.78 is 60.0. The van der Waals surface area contributed by atoms with Gasteiger partial charge in [-0.05, 0) is 65.2 Å². The minimum Gasteiger partial charge on any atom is -0.489 e. The summed E-state index contributed by atoms with van der Waals surface area (Å²) in [7, 11) is 0. The van der Waals surface area contributed by atoms with Gasteiger partial charge < -0.3 is 30.5 Å². The van der Waals surface area contributed by atoms with E-state index in [0.29, 0.717) is 56.9 Å². The number of anilines is 2. The zero-order valence-corrected chi connectivity index (χ0v) is 31.7. The van der Waals surface area contributed by atoms with Crippen LogP contribution in [0.25, 0.3) is 32.1 Å². The number of hydrogen-bond acceptors (Lipinski definition) is 10. The van der Waals surface area contributed by atoms with E-state index in [2.05, 4.69) is 43.9 Å². The maximum Gasteiger partial charge on any atom is 0.319 e. The molecule has 2 aromatic heterocycles. The molecule has 0 saturated carbocycles. The van der Waals surface area contributed by atoms with Gasteiger partial charge >= 0.3 is 6.01 Å². The van der Waals surface area contributed by atoms with Crippen LogP contribution >= 0.6 is 33.9 Å². The fraction of sp³-hybridized carbons (Fsp3) is 0.500. The molecule has 0 amide bonds. The number of aliphatic hydroxyl groups is 1. The van der Waals surface area contributed by atoms with Crippen LogP contribution in [0.3, 0.4) is 0 Å². The molecule has 9 nitrogen and oxygen atoms in total. The standard InChI is InChI=1S/C32H33F3IN6O3S.Ce/c1-15(43)21-13-44-28-24-27(25(35)23(26(28)36)18-3-4-20(34)29-19(18)7-22(37)46-29)39-31(40-30(24)42(21)11-16-9-38-10-16)45-14-32-5-2-6-41(32)12-17(33)8-32;/h3-4,15-17,21,38,43H,2,5-6,8-14,37H2,1H3;/q-1;/t15?,17-,21?,32+;/m1./s1. The number of nitrogens with one attached hydrogen (secondary N) is 1. The Hall–Kier alpha value is -1.28. The summed E-state index contributed by atoms with van der Waals surface area (Å²) in [5, 5.41) is 15.3. The van der Waals surface area contributed by atoms with E-state index in [0.717, 1.165) is 43.8 Å². The van der Waals surface area contributed by atoms with Crippen LogP contribution in [-0.2, 0) is 0 Å². The second-order valence-electron chi connectivity index (χ2n) is 12.9. The van der Waals surface area contributed by atoms with Crippen molar-refractivity contribution in [3.05, 3.63) is 33.4 Å². The Morgan fingerprint density at radius 2 is 2.13 bits per heavy atom. The summed E-state index contributed by atoms with van der Waals surface area (Å²) in [6.45, 7) is 5.35. The average Bonchev–Trinajstić information content (AvgIpc) is 3.63. The van der Waals surface area contributed by atoms with Crippen molar-refractivity contribution >= 4 is 65.7 Å². The monoisotopic (exact) mass is 905 g/mol. The number of aromatic nitrogens is 2. The molecule has 2 aromatic carbocycles. The number of nitrogens with two attached hydrogens (primary N) is 1. The number of nitrogens with zero attached hydrogens (tertiary/aromatic N) is 4. The van der Waals surface area contributed by atoms with Crippen LogP contribution in [0, 0.1) is 68.9 Å². The maximum atomic E-state index is 17.1. The van der Waals surface area contributed by atoms with E-state index < -0.39 is 35.5 Å². The number of fused-ring (bicyclic) bond motifs is 2. The van der Waals surface area contributed by atoms with Crippen molar-refractivity contribution < 1.29 is 69.5 Å². The van der Waals surface area contributed by atoms with Crippen molar-refractivity contribution in [2.75, 3.05) is 56.6 Å². The molecule has 15 heteroatoms. The molecule has 3 saturated heterocycles. The van der Waals surface area contributed by atoms with Gasteiger partial charge in [0, 0.05) is 85.3 Å². The molecular formula is C32H33CeF3IN6O3S-. The smallest absolute Gasteiger partial charge is 0.319 e. The van der Waals surface area contributed by atoms with E-state index in [9.17, 15) is 13.9 Å². The van der Waals surface area contributed by atoms with Crippen LogP contribution in [-0.4, -0.2) is 89.8 Å². The summed E-state index contributed by atoms with van der Waals surface area (Å²) in [4.78, 5) is 13.7. The van der Waals surface area contributed by atoms with Crippen LogP contribution in [0.15, 0.2) is 12.1 Å². The molecule has 0 bridgehead atoms. The first kappa shape index (κ1) is 34.2. The zero-order chi connectivity index (χ0) is 31.9. The van der Waals surface area contributed by atoms with E-state index in [1.165, 1.54) is 12.1 Å². The number of benzene rings is 2. The van der Waals surface area contributed by atoms with Gasteiger partial charge in [0.2, 0.25) is 0 Å². The van der Waals surface area contributed by atoms with Crippen molar-refractivity contribution in [1.82, 2.24) is 20.2 Å². The minimum atomic E-state index is -0.929. The van der Waals surface area contributed by atoms with Gasteiger partial charge in [0.15, 0.2) is 0 Å². The van der Waals surface area contributed by atoms with Crippen LogP contribution in [0.2, 0.25) is 0 Å². The molecular weight excluding hydrogens is 872 g/mol. The molecule has 6 heterocycles. The summed E-state index contributed by atoms with van der Waals surface area (Å²) >= 11 is 3.11. The third kappa shape index (κ3) is 5.79. The number of ether oxygens (including phenoxy) is 2. The molecule has 47 heavy (non-hydrogen) atoms. The fourth-order valence-electron chi connectivity index (χ4n) is 7.57. The maximum absolute atomic E-state index is 17.1. The normalized spacial score (nSPS) is 24.9. The van der Waals surface area contributed by atoms with Gasteiger partial charge in [0.25, 0.3) is 0 Å². The first-order valence-corrected chi connectivity index (χ1v) is 17.5. The summed E-state index contributed by atoms with van der Waals surface area (Å²) in [5.74, 6) is -0.0207. The van der Waals surface area contributed by atoms with Crippen molar-refractivity contribution in [3.63, 3.8) is 0 Å². The van der Waals surface area contributed by atoms with Gasteiger partial charge in [-0.1, -0.05) is 0 Å². The van der Waals surface area contributed by atoms with Crippen molar-refractivity contribution in [1.29, 1.82) is 0 Å². The molecule has 8 rings (SSSR count). The first-order chi connectivity index (χ1) is 22.1. The molecule has 3 fully saturated rings. The second kappa shape index (κ2) is 13.1. The molecule has 4 aliphatic heterocycles. The summed E-state index contributed by atoms with van der Waals surface area (Å²) in [6.07, 6.45) is 0.390. The van der Waals surface area contributed by atoms with Gasteiger partial charge in [0.05, 0.1) is 32.5 Å². The van der Waals surface area contributed by atoms with E-state index in [1.54, 1.807) is 6.92 Å². The number of hydrogen-bond donors (Lipinski definition) is 3. The van der Waals surface area contributed by atoms with Gasteiger partial charge in [-0.3, -0.25) is 4.90 Å². The molecule has 4 aliphatic rings. The van der Waals surface area contributed by atoms with E-state index >= 15 is 4.39 Å². The molecule has 2 unspecified atom stereocenters. The van der Waals surface area contributed by atoms with E-state index in [-0.39, 0.29) is 81.8 Å². The SMILES string of the molecule is CC(O)C1COc2c(I)c(-c3ccc(F)c4sc(N)[c-]c34)c(F)c3nc(OC[C@@]45CCCN4C[C@H](F)C5)nc(c23)N1CC1CNC1.[Ce]. The average molecular weight is 906 g/mol. The Kier molecular flexibility index (Phi) is 9.54. The van der Waals surface area contributed by atoms with E-state index in [1.807, 2.05) is 4.90 Å². The Bertz CT molecular complexity index is 1860. The number of alkyl halides is 1. The predicted octanol–water partition coefficient (Wildman–Crippen LogP) is 4.90. The Balaban J connectivity index is 0.00000351. The van der Waals surface area contributed by atoms with Gasteiger partial charge in [-0.2, -0.15) is 26.7 Å². The molecule has 4 aromatic rings. The predicted molar refractivity (Wildman–Crippen MR) is 179 cm³/mol. The van der Waals surface area contributed by atoms with Crippen LogP contribution in [0.5, 0.6) is 11.8 Å². The quantitative estimate of drug-likeness (QED) is 0.177. The number of rotatable bonds is 7. The van der Waals surface area contributed by atoms with Crippen molar-refractivity contribution in [2.45, 2.75) is 50.0 Å². The summed E-state index contributed by atoms with van der Waals surface area (Å²) in [6, 6.07) is 5.30. The second-order valence-corrected chi connectivity index (χ2v) is 15.1. The topological polar surface area (TPSA) is 109 Å². The molecule has 4 atom stereocenters. The fourth-order valence-corrected chi connectivity index (χ4v) is 9.32. The first-order valence-electron chi connectivity index (χ1n) is 15.6. The molecule has 0 spiro atoms. The number of thiophene rings is 1. The number of halogens is 4. The Morgan fingerprint density at radius 1 is 1.32 bits per heavy atom. The molecule has 4 N–H and O–H groups in total. The third-order valence-electron chi connectivity index (χ3n) is 9.96. The van der Waals surface area contributed by atoms with Crippen LogP contribution < -0.4 is 25.4 Å². The van der Waals surface area contributed by atoms with Gasteiger partial charge in [0.1, 0.15) is 42.3 Å².